The van der Waals surface area contributed by atoms with E-state index in [4.69, 9.17) is 0 Å². The van der Waals surface area contributed by atoms with Crippen LogP contribution >= 0.6 is 0 Å². The van der Waals surface area contributed by atoms with Crippen molar-refractivity contribution in [2.75, 3.05) is 0 Å². The Morgan fingerprint density at radius 2 is 0.926 bits per heavy atom. The second-order valence-corrected chi connectivity index (χ2v) is 7.83. The molecule has 0 atom stereocenters. The van der Waals surface area contributed by atoms with Gasteiger partial charge in [-0.1, -0.05) is 48.5 Å². The first kappa shape index (κ1) is 13.8. The number of rotatable bonds is 0. The molecule has 0 unspecified atom stereocenters. The molecule has 0 aliphatic heterocycles. The fourth-order valence-electron chi connectivity index (χ4n) is 5.10. The molecule has 0 saturated heterocycles. The Bertz CT molecular complexity index is 1610. The molecule has 0 aromatic heterocycles. The van der Waals surface area contributed by atoms with E-state index in [2.05, 4.69) is 84.9 Å². The van der Waals surface area contributed by atoms with Crippen LogP contribution in [0.1, 0.15) is 22.3 Å². The van der Waals surface area contributed by atoms with Gasteiger partial charge < -0.3 is 0 Å². The summed E-state index contributed by atoms with van der Waals surface area (Å²) in [4.78, 5) is 0. The Hall–Kier alpha value is -3.38. The fourth-order valence-corrected chi connectivity index (χ4v) is 5.10. The third-order valence-electron chi connectivity index (χ3n) is 6.35. The summed E-state index contributed by atoms with van der Waals surface area (Å²) in [6.45, 7) is 0. The van der Waals surface area contributed by atoms with E-state index < -0.39 is 0 Å². The lowest BCUT2D eigenvalue weighted by atomic mass is 10.1. The van der Waals surface area contributed by atoms with Gasteiger partial charge in [0.1, 0.15) is 0 Å². The summed E-state index contributed by atoms with van der Waals surface area (Å²) in [6.07, 6.45) is 5.70. The van der Waals surface area contributed by atoms with Gasteiger partial charge in [-0.3, -0.25) is 0 Å². The van der Waals surface area contributed by atoms with Gasteiger partial charge in [-0.05, 0) is 107 Å². The topological polar surface area (TPSA) is 0 Å². The lowest BCUT2D eigenvalue weighted by Crippen LogP contribution is -1.97. The normalized spacial score (nSPS) is 13.6. The molecule has 3 aliphatic carbocycles. The van der Waals surface area contributed by atoms with E-state index >= 15 is 0 Å². The molecule has 0 radical (unpaired) electrons. The Morgan fingerprint density at radius 1 is 0.444 bits per heavy atom. The highest BCUT2D eigenvalue weighted by atomic mass is 14.2. The zero-order valence-corrected chi connectivity index (χ0v) is 14.8. The Balaban J connectivity index is 1.63. The standard InChI is InChI=1S/C27H16/c1-3-7-22-16(5-1)9-18-14-26-20(12-24(18)22)11-21-13-25-19(15-27(21)26)10-17-6-2-4-8-23(17)25/h1-10,12-15H,11H2. The lowest BCUT2D eigenvalue weighted by molar-refractivity contribution is 1.21. The van der Waals surface area contributed by atoms with E-state index in [0.717, 1.165) is 6.42 Å². The Kier molecular flexibility index (Phi) is 2.38. The van der Waals surface area contributed by atoms with E-state index in [0.29, 0.717) is 0 Å². The zero-order valence-electron chi connectivity index (χ0n) is 14.8. The number of hydrogen-bond acceptors (Lipinski definition) is 0. The summed E-state index contributed by atoms with van der Waals surface area (Å²) in [5.41, 5.74) is 5.64. The molecule has 0 spiro atoms. The molecule has 0 amide bonds. The van der Waals surface area contributed by atoms with E-state index in [1.54, 1.807) is 0 Å². The number of fused-ring (bicyclic) bond motifs is 6. The van der Waals surface area contributed by atoms with Crippen molar-refractivity contribution in [2.45, 2.75) is 6.42 Å². The van der Waals surface area contributed by atoms with Gasteiger partial charge in [0.2, 0.25) is 0 Å². The fraction of sp³-hybridized carbons (Fsp3) is 0.0370. The molecular weight excluding hydrogens is 324 g/mol. The van der Waals surface area contributed by atoms with Crippen LogP contribution in [0.15, 0.2) is 72.8 Å². The number of hydrogen-bond donors (Lipinski definition) is 0. The van der Waals surface area contributed by atoms with Crippen LogP contribution in [0.5, 0.6) is 0 Å². The molecular formula is C27H16. The average molecular weight is 340 g/mol. The zero-order chi connectivity index (χ0) is 17.5. The van der Waals surface area contributed by atoms with Gasteiger partial charge in [-0.2, -0.15) is 0 Å². The lowest BCUT2D eigenvalue weighted by Gasteiger charge is -1.98. The van der Waals surface area contributed by atoms with E-state index in [9.17, 15) is 0 Å². The van der Waals surface area contributed by atoms with E-state index in [-0.39, 0.29) is 0 Å². The number of benzene rings is 4. The summed E-state index contributed by atoms with van der Waals surface area (Å²) in [7, 11) is 0. The van der Waals surface area contributed by atoms with Crippen molar-refractivity contribution in [2.24, 2.45) is 0 Å². The van der Waals surface area contributed by atoms with Crippen LogP contribution in [0.25, 0.3) is 12.2 Å². The van der Waals surface area contributed by atoms with Gasteiger partial charge >= 0.3 is 0 Å². The molecule has 4 aromatic carbocycles. The van der Waals surface area contributed by atoms with Crippen molar-refractivity contribution < 1.29 is 0 Å². The molecule has 0 N–H and O–H groups in total. The molecule has 4 aromatic rings. The van der Waals surface area contributed by atoms with Crippen LogP contribution in [-0.4, -0.2) is 0 Å². The van der Waals surface area contributed by atoms with Crippen molar-refractivity contribution in [3.05, 3.63) is 137 Å². The quantitative estimate of drug-likeness (QED) is 0.395. The monoisotopic (exact) mass is 340 g/mol. The average Bonchev–Trinajstić information content (AvgIpc) is 3.35. The third kappa shape index (κ3) is 1.73. The predicted octanol–water partition coefficient (Wildman–Crippen LogP) is 3.74. The van der Waals surface area contributed by atoms with E-state index in [1.165, 1.54) is 64.0 Å². The first-order valence-corrected chi connectivity index (χ1v) is 9.58. The third-order valence-corrected chi connectivity index (χ3v) is 6.35. The largest absolute Gasteiger partial charge is 0.0616 e. The second kappa shape index (κ2) is 4.66. The molecule has 0 nitrogen and oxygen atoms in total. The van der Waals surface area contributed by atoms with Crippen molar-refractivity contribution in [1.82, 2.24) is 0 Å². The molecule has 0 fully saturated rings. The highest BCUT2D eigenvalue weighted by Gasteiger charge is 2.15. The van der Waals surface area contributed by atoms with Gasteiger partial charge in [0.05, 0.1) is 0 Å². The molecule has 0 heteroatoms. The summed E-state index contributed by atoms with van der Waals surface area (Å²) >= 11 is 0. The maximum absolute atomic E-state index is 2.43. The molecule has 124 valence electrons. The predicted molar refractivity (Wildman–Crippen MR) is 108 cm³/mol. The summed E-state index contributed by atoms with van der Waals surface area (Å²) in [5.74, 6) is 0. The van der Waals surface area contributed by atoms with Crippen LogP contribution in [0.2, 0.25) is 0 Å². The van der Waals surface area contributed by atoms with Gasteiger partial charge in [0.15, 0.2) is 0 Å². The van der Waals surface area contributed by atoms with E-state index in [1.807, 2.05) is 0 Å². The highest BCUT2D eigenvalue weighted by molar-refractivity contribution is 5.60. The molecule has 0 bridgehead atoms. The van der Waals surface area contributed by atoms with Crippen molar-refractivity contribution in [3.63, 3.8) is 0 Å². The maximum atomic E-state index is 2.43. The van der Waals surface area contributed by atoms with Gasteiger partial charge in [-0.15, -0.1) is 0 Å². The first-order chi connectivity index (χ1) is 13.3. The first-order valence-electron chi connectivity index (χ1n) is 9.58. The van der Waals surface area contributed by atoms with Gasteiger partial charge in [0, 0.05) is 0 Å². The highest BCUT2D eigenvalue weighted by Crippen LogP contribution is 2.26. The smallest absolute Gasteiger partial charge is 0.00130 e. The molecule has 3 aliphatic rings. The summed E-state index contributed by atoms with van der Waals surface area (Å²) in [5, 5.41) is 11.0. The van der Waals surface area contributed by atoms with Crippen molar-refractivity contribution >= 4 is 12.2 Å². The Labute approximate surface area is 155 Å². The SMILES string of the molecule is C1=c2ccccc2=c2cc3c(cc21)=c1cc2c(cc1C3)=c1ccccc1=C2. The minimum atomic E-state index is 1.04. The van der Waals surface area contributed by atoms with Crippen LogP contribution < -0.4 is 10.4 Å². The minimum Gasteiger partial charge on any atom is -0.0616 e. The molecule has 0 heterocycles. The molecule has 7 rings (SSSR count). The van der Waals surface area contributed by atoms with Crippen molar-refractivity contribution in [1.29, 1.82) is 0 Å². The minimum absolute atomic E-state index is 1.04. The second-order valence-electron chi connectivity index (χ2n) is 7.83. The van der Waals surface area contributed by atoms with Gasteiger partial charge in [-0.25, -0.2) is 0 Å². The molecule has 0 saturated carbocycles. The Morgan fingerprint density at radius 3 is 1.44 bits per heavy atom. The maximum Gasteiger partial charge on any atom is -0.00130 e. The summed E-state index contributed by atoms with van der Waals surface area (Å²) in [6, 6.07) is 27.1. The van der Waals surface area contributed by atoms with Crippen LogP contribution in [0.3, 0.4) is 0 Å². The summed E-state index contributed by atoms with van der Waals surface area (Å²) < 4.78 is 0. The van der Waals surface area contributed by atoms with Crippen LogP contribution in [-0.2, 0) is 6.42 Å². The van der Waals surface area contributed by atoms with Crippen molar-refractivity contribution in [3.8, 4) is 0 Å². The van der Waals surface area contributed by atoms with Crippen LogP contribution in [0, 0.1) is 31.3 Å². The van der Waals surface area contributed by atoms with Crippen LogP contribution in [0.4, 0.5) is 0 Å². The van der Waals surface area contributed by atoms with Gasteiger partial charge in [0.25, 0.3) is 0 Å². The molecule has 27 heavy (non-hydrogen) atoms.